The highest BCUT2D eigenvalue weighted by molar-refractivity contribution is 9.18. The van der Waals surface area contributed by atoms with Gasteiger partial charge in [-0.25, -0.2) is 0 Å². The summed E-state index contributed by atoms with van der Waals surface area (Å²) in [6, 6.07) is 0. The quantitative estimate of drug-likeness (QED) is 0.529. The van der Waals surface area contributed by atoms with E-state index in [0.717, 1.165) is 6.08 Å². The first-order chi connectivity index (χ1) is 5.87. The van der Waals surface area contributed by atoms with Gasteiger partial charge >= 0.3 is 6.18 Å². The van der Waals surface area contributed by atoms with Gasteiger partial charge < -0.3 is 0 Å². The highest BCUT2D eigenvalue weighted by Gasteiger charge is 2.21. The monoisotopic (exact) mass is 255 g/mol. The number of hydrogen-bond acceptors (Lipinski definition) is 1. The summed E-state index contributed by atoms with van der Waals surface area (Å²) in [5, 5.41) is 0. The lowest BCUT2D eigenvalue weighted by atomic mass is 10.3. The maximum absolute atomic E-state index is 11.6. The fraction of sp³-hybridized carbons (Fsp3) is 0.375. The summed E-state index contributed by atoms with van der Waals surface area (Å²) in [7, 11) is 1.55. The van der Waals surface area contributed by atoms with Crippen LogP contribution in [0.4, 0.5) is 13.2 Å². The summed E-state index contributed by atoms with van der Waals surface area (Å²) in [5.74, 6) is 0. The van der Waals surface area contributed by atoms with Crippen LogP contribution in [0.15, 0.2) is 28.8 Å². The van der Waals surface area contributed by atoms with Gasteiger partial charge in [0.1, 0.15) is 4.62 Å². The molecule has 0 aromatic rings. The number of aliphatic imine (C=N–C) groups is 1. The topological polar surface area (TPSA) is 12.4 Å². The molecule has 0 saturated heterocycles. The molecule has 13 heavy (non-hydrogen) atoms. The fourth-order valence-corrected chi connectivity index (χ4v) is 0.679. The van der Waals surface area contributed by atoms with Crippen LogP contribution in [0.2, 0.25) is 0 Å². The molecule has 0 amide bonds. The molecule has 0 spiro atoms. The molecular weight excluding hydrogens is 247 g/mol. The van der Waals surface area contributed by atoms with Crippen molar-refractivity contribution in [1.29, 1.82) is 0 Å². The Morgan fingerprint density at radius 1 is 1.38 bits per heavy atom. The second-order valence-electron chi connectivity index (χ2n) is 2.26. The molecule has 0 N–H and O–H groups in total. The summed E-state index contributed by atoms with van der Waals surface area (Å²) < 4.78 is 35.4. The van der Waals surface area contributed by atoms with E-state index in [4.69, 9.17) is 0 Å². The summed E-state index contributed by atoms with van der Waals surface area (Å²) in [6.45, 7) is 1.66. The average molecular weight is 256 g/mol. The van der Waals surface area contributed by atoms with Crippen LogP contribution < -0.4 is 0 Å². The Morgan fingerprint density at radius 2 is 1.92 bits per heavy atom. The lowest BCUT2D eigenvalue weighted by molar-refractivity contribution is -0.0798. The predicted octanol–water partition coefficient (Wildman–Crippen LogP) is 3.47. The van der Waals surface area contributed by atoms with E-state index < -0.39 is 6.18 Å². The van der Waals surface area contributed by atoms with Gasteiger partial charge in [0.25, 0.3) is 0 Å². The first-order valence-electron chi connectivity index (χ1n) is 3.42. The molecule has 74 valence electrons. The Bertz CT molecular complexity index is 251. The van der Waals surface area contributed by atoms with E-state index in [1.54, 1.807) is 14.0 Å². The van der Waals surface area contributed by atoms with E-state index in [2.05, 4.69) is 20.9 Å². The fourth-order valence-electron chi connectivity index (χ4n) is 0.547. The van der Waals surface area contributed by atoms with E-state index in [1.807, 2.05) is 0 Å². The molecule has 0 radical (unpaired) electrons. The Labute approximate surface area is 83.2 Å². The van der Waals surface area contributed by atoms with Gasteiger partial charge in [0, 0.05) is 13.1 Å². The number of allylic oxidation sites excluding steroid dienone is 4. The molecule has 0 heterocycles. The van der Waals surface area contributed by atoms with Gasteiger partial charge in [-0.05, 0) is 28.4 Å². The van der Waals surface area contributed by atoms with E-state index >= 15 is 0 Å². The average Bonchev–Trinajstić information content (AvgIpc) is 2.00. The Morgan fingerprint density at radius 3 is 2.31 bits per heavy atom. The van der Waals surface area contributed by atoms with E-state index in [1.165, 1.54) is 6.08 Å². The van der Waals surface area contributed by atoms with Gasteiger partial charge in [0.05, 0.1) is 0 Å². The molecule has 0 aliphatic rings. The molecule has 0 unspecified atom stereocenters. The maximum atomic E-state index is 11.6. The molecule has 0 fully saturated rings. The highest BCUT2D eigenvalue weighted by Crippen LogP contribution is 2.16. The zero-order valence-electron chi connectivity index (χ0n) is 7.19. The minimum atomic E-state index is -4.26. The molecule has 0 atom stereocenters. The normalized spacial score (nSPS) is 15.5. The van der Waals surface area contributed by atoms with E-state index in [-0.39, 0.29) is 6.08 Å². The van der Waals surface area contributed by atoms with Crippen molar-refractivity contribution in [3.8, 4) is 0 Å². The van der Waals surface area contributed by atoms with Crippen LogP contribution >= 0.6 is 15.9 Å². The zero-order chi connectivity index (χ0) is 10.5. The van der Waals surface area contributed by atoms with Crippen LogP contribution in [-0.2, 0) is 0 Å². The number of alkyl halides is 3. The van der Waals surface area contributed by atoms with Crippen molar-refractivity contribution in [2.24, 2.45) is 4.99 Å². The van der Waals surface area contributed by atoms with E-state index in [0.29, 0.717) is 10.2 Å². The van der Waals surface area contributed by atoms with Crippen molar-refractivity contribution in [3.05, 3.63) is 23.8 Å². The van der Waals surface area contributed by atoms with Gasteiger partial charge in [0.2, 0.25) is 0 Å². The second-order valence-corrected chi connectivity index (χ2v) is 3.02. The smallest absolute Gasteiger partial charge is 0.281 e. The third kappa shape index (κ3) is 6.57. The van der Waals surface area contributed by atoms with Crippen molar-refractivity contribution in [2.75, 3.05) is 7.05 Å². The third-order valence-corrected chi connectivity index (χ3v) is 2.13. The molecule has 0 aliphatic heterocycles. The minimum absolute atomic E-state index is 0.173. The van der Waals surface area contributed by atoms with Crippen LogP contribution in [0.25, 0.3) is 0 Å². The predicted molar refractivity (Wildman–Crippen MR) is 51.2 cm³/mol. The first kappa shape index (κ1) is 12.4. The summed E-state index contributed by atoms with van der Waals surface area (Å²) in [5.41, 5.74) is 0.642. The third-order valence-electron chi connectivity index (χ3n) is 1.15. The van der Waals surface area contributed by atoms with Crippen molar-refractivity contribution in [3.63, 3.8) is 0 Å². The molecule has 0 saturated carbocycles. The Hall–Kier alpha value is -0.580. The minimum Gasteiger partial charge on any atom is -0.281 e. The van der Waals surface area contributed by atoms with E-state index in [9.17, 15) is 13.2 Å². The van der Waals surface area contributed by atoms with Gasteiger partial charge in [-0.15, -0.1) is 0 Å². The summed E-state index contributed by atoms with van der Waals surface area (Å²) in [4.78, 5) is 3.75. The second kappa shape index (κ2) is 5.21. The van der Waals surface area contributed by atoms with Crippen LogP contribution in [0, 0.1) is 0 Å². The van der Waals surface area contributed by atoms with Gasteiger partial charge in [-0.2, -0.15) is 13.2 Å². The molecule has 0 rings (SSSR count). The van der Waals surface area contributed by atoms with Crippen LogP contribution in [0.5, 0.6) is 0 Å². The van der Waals surface area contributed by atoms with Gasteiger partial charge in [0.15, 0.2) is 0 Å². The Kier molecular flexibility index (Phi) is 4.98. The Balaban J connectivity index is 4.37. The highest BCUT2D eigenvalue weighted by atomic mass is 79.9. The lowest BCUT2D eigenvalue weighted by Crippen LogP contribution is -2.00. The number of nitrogens with zero attached hydrogens (tertiary/aromatic N) is 1. The summed E-state index contributed by atoms with van der Waals surface area (Å²) >= 11 is 3.09. The largest absolute Gasteiger partial charge is 0.409 e. The zero-order valence-corrected chi connectivity index (χ0v) is 8.78. The van der Waals surface area contributed by atoms with Crippen LogP contribution in [0.1, 0.15) is 6.92 Å². The molecule has 0 aliphatic carbocycles. The maximum Gasteiger partial charge on any atom is 0.409 e. The van der Waals surface area contributed by atoms with Crippen LogP contribution in [0.3, 0.4) is 0 Å². The number of halogens is 4. The number of hydrogen-bond donors (Lipinski definition) is 0. The van der Waals surface area contributed by atoms with Crippen molar-refractivity contribution in [1.82, 2.24) is 0 Å². The molecule has 5 heteroatoms. The van der Waals surface area contributed by atoms with Gasteiger partial charge in [-0.1, -0.05) is 12.2 Å². The standard InChI is InChI=1S/C8H9BrF3N/c1-6(7(9)13-2)4-3-5-8(10,11)12/h3-5H,1-2H3/b5-3+,6-4-,13-7+. The SMILES string of the molecule is C\N=C(Br)/C(C)=C\C=C\C(F)(F)F. The molecule has 0 aromatic carbocycles. The number of rotatable bonds is 2. The van der Waals surface area contributed by atoms with Crippen LogP contribution in [-0.4, -0.2) is 17.8 Å². The molecule has 0 bridgehead atoms. The van der Waals surface area contributed by atoms with Crippen molar-refractivity contribution < 1.29 is 13.2 Å². The van der Waals surface area contributed by atoms with Crippen molar-refractivity contribution in [2.45, 2.75) is 13.1 Å². The van der Waals surface area contributed by atoms with Crippen molar-refractivity contribution >= 4 is 20.6 Å². The lowest BCUT2D eigenvalue weighted by Gasteiger charge is -1.96. The molecular formula is C8H9BrF3N. The molecule has 1 nitrogen and oxygen atoms in total. The molecule has 0 aromatic heterocycles. The summed E-state index contributed by atoms with van der Waals surface area (Å²) in [6.07, 6.45) is -1.80. The first-order valence-corrected chi connectivity index (χ1v) is 4.21. The van der Waals surface area contributed by atoms with Gasteiger partial charge in [-0.3, -0.25) is 4.99 Å².